The maximum atomic E-state index is 11.8. The molecule has 1 aromatic rings. The van der Waals surface area contributed by atoms with Gasteiger partial charge in [0.1, 0.15) is 0 Å². The van der Waals surface area contributed by atoms with Crippen LogP contribution in [0.1, 0.15) is 25.3 Å². The number of thioether (sulfide) groups is 1. The Morgan fingerprint density at radius 3 is 2.32 bits per heavy atom. The molecule has 4 nitrogen and oxygen atoms in total. The fraction of sp³-hybridized carbons (Fsp3) is 0.429. The van der Waals surface area contributed by atoms with Crippen molar-refractivity contribution in [3.63, 3.8) is 0 Å². The number of carboxylic acids is 1. The Balaban J connectivity index is 2.67. The maximum absolute atomic E-state index is 11.8. The molecule has 0 saturated heterocycles. The molecule has 2 N–H and O–H groups in total. The Hall–Kier alpha value is -1.49. The molecule has 104 valence electrons. The predicted octanol–water partition coefficient (Wildman–Crippen LogP) is 2.81. The molecule has 1 aromatic carbocycles. The molecule has 1 rings (SSSR count). The molecule has 0 aliphatic carbocycles. The third kappa shape index (κ3) is 4.59. The molecular formula is C14H19NO3S. The van der Waals surface area contributed by atoms with E-state index < -0.39 is 11.9 Å². The lowest BCUT2D eigenvalue weighted by Crippen LogP contribution is -2.22. The Morgan fingerprint density at radius 1 is 1.26 bits per heavy atom. The van der Waals surface area contributed by atoms with Crippen LogP contribution in [0.5, 0.6) is 0 Å². The molecule has 0 spiro atoms. The summed E-state index contributed by atoms with van der Waals surface area (Å²) in [6.45, 7) is 3.52. The first-order valence-corrected chi connectivity index (χ1v) is 7.47. The van der Waals surface area contributed by atoms with Gasteiger partial charge < -0.3 is 10.4 Å². The summed E-state index contributed by atoms with van der Waals surface area (Å²) < 4.78 is 0. The molecule has 1 amide bonds. The van der Waals surface area contributed by atoms with E-state index in [1.165, 1.54) is 0 Å². The molecule has 2 unspecified atom stereocenters. The van der Waals surface area contributed by atoms with Crippen LogP contribution in [0.15, 0.2) is 24.3 Å². The average molecular weight is 281 g/mol. The second-order valence-electron chi connectivity index (χ2n) is 4.53. The molecule has 19 heavy (non-hydrogen) atoms. The third-order valence-corrected chi connectivity index (χ3v) is 3.75. The summed E-state index contributed by atoms with van der Waals surface area (Å²) in [5.41, 5.74) is 1.42. The smallest absolute Gasteiger partial charge is 0.310 e. The minimum absolute atomic E-state index is 0.0200. The minimum Gasteiger partial charge on any atom is -0.481 e. The molecule has 0 saturated carbocycles. The fourth-order valence-electron chi connectivity index (χ4n) is 1.59. The number of carboxylic acid groups (broad SMARTS) is 1. The van der Waals surface area contributed by atoms with Crippen LogP contribution in [0, 0.1) is 5.92 Å². The molecule has 0 heterocycles. The Kier molecular flexibility index (Phi) is 5.89. The van der Waals surface area contributed by atoms with Crippen LogP contribution in [0.25, 0.3) is 0 Å². The monoisotopic (exact) mass is 281 g/mol. The van der Waals surface area contributed by atoms with Gasteiger partial charge in [0.2, 0.25) is 5.91 Å². The van der Waals surface area contributed by atoms with Gasteiger partial charge in [0.05, 0.1) is 5.92 Å². The van der Waals surface area contributed by atoms with E-state index in [2.05, 4.69) is 5.32 Å². The number of benzene rings is 1. The normalized spacial score (nSPS) is 13.6. The summed E-state index contributed by atoms with van der Waals surface area (Å²) in [5, 5.41) is 11.7. The van der Waals surface area contributed by atoms with Crippen LogP contribution in [0.2, 0.25) is 0 Å². The highest BCUT2D eigenvalue weighted by molar-refractivity contribution is 7.98. The number of aliphatic carboxylic acids is 1. The van der Waals surface area contributed by atoms with Crippen molar-refractivity contribution in [1.82, 2.24) is 0 Å². The van der Waals surface area contributed by atoms with Crippen molar-refractivity contribution >= 4 is 29.3 Å². The highest BCUT2D eigenvalue weighted by atomic mass is 32.2. The molecule has 0 aromatic heterocycles. The van der Waals surface area contributed by atoms with Crippen molar-refractivity contribution in [3.8, 4) is 0 Å². The Labute approximate surface area is 117 Å². The van der Waals surface area contributed by atoms with Gasteiger partial charge in [0.15, 0.2) is 0 Å². The number of nitrogens with one attached hydrogen (secondary N) is 1. The van der Waals surface area contributed by atoms with E-state index in [1.807, 2.05) is 13.2 Å². The van der Waals surface area contributed by atoms with Gasteiger partial charge in [-0.1, -0.05) is 19.1 Å². The van der Waals surface area contributed by atoms with E-state index in [0.29, 0.717) is 5.69 Å². The lowest BCUT2D eigenvalue weighted by Gasteiger charge is -2.12. The number of hydrogen-bond donors (Lipinski definition) is 2. The molecule has 0 aliphatic rings. The van der Waals surface area contributed by atoms with E-state index in [-0.39, 0.29) is 11.8 Å². The SMILES string of the molecule is CSCC(C)C(=O)Nc1ccc(C(C)C(=O)O)cc1. The zero-order valence-corrected chi connectivity index (χ0v) is 12.2. The Morgan fingerprint density at radius 2 is 1.84 bits per heavy atom. The third-order valence-electron chi connectivity index (χ3n) is 2.91. The van der Waals surface area contributed by atoms with E-state index in [4.69, 9.17) is 5.11 Å². The van der Waals surface area contributed by atoms with Gasteiger partial charge in [-0.3, -0.25) is 9.59 Å². The van der Waals surface area contributed by atoms with E-state index >= 15 is 0 Å². The molecule has 0 radical (unpaired) electrons. The fourth-order valence-corrected chi connectivity index (χ4v) is 2.24. The number of rotatable bonds is 6. The molecule has 5 heteroatoms. The van der Waals surface area contributed by atoms with Gasteiger partial charge in [-0.05, 0) is 30.9 Å². The molecule has 0 aliphatic heterocycles. The zero-order chi connectivity index (χ0) is 14.4. The van der Waals surface area contributed by atoms with Gasteiger partial charge in [0, 0.05) is 17.4 Å². The van der Waals surface area contributed by atoms with Gasteiger partial charge in [-0.15, -0.1) is 0 Å². The Bertz CT molecular complexity index is 445. The summed E-state index contributed by atoms with van der Waals surface area (Å²) in [6.07, 6.45) is 1.96. The topological polar surface area (TPSA) is 66.4 Å². The first kappa shape index (κ1) is 15.6. The molecule has 0 bridgehead atoms. The predicted molar refractivity (Wildman–Crippen MR) is 78.7 cm³/mol. The lowest BCUT2D eigenvalue weighted by atomic mass is 10.0. The number of anilines is 1. The highest BCUT2D eigenvalue weighted by Gasteiger charge is 2.14. The van der Waals surface area contributed by atoms with Crippen molar-refractivity contribution in [2.45, 2.75) is 19.8 Å². The lowest BCUT2D eigenvalue weighted by molar-refractivity contribution is -0.138. The first-order valence-electron chi connectivity index (χ1n) is 6.08. The van der Waals surface area contributed by atoms with E-state index in [9.17, 15) is 9.59 Å². The van der Waals surface area contributed by atoms with E-state index in [0.717, 1.165) is 11.3 Å². The van der Waals surface area contributed by atoms with Crippen LogP contribution >= 0.6 is 11.8 Å². The van der Waals surface area contributed by atoms with E-state index in [1.54, 1.807) is 43.0 Å². The summed E-state index contributed by atoms with van der Waals surface area (Å²) >= 11 is 1.63. The summed E-state index contributed by atoms with van der Waals surface area (Å²) in [5.74, 6) is -0.688. The molecule has 2 atom stereocenters. The summed E-state index contributed by atoms with van der Waals surface area (Å²) in [7, 11) is 0. The highest BCUT2D eigenvalue weighted by Crippen LogP contribution is 2.18. The quantitative estimate of drug-likeness (QED) is 0.841. The van der Waals surface area contributed by atoms with Crippen LogP contribution in [-0.4, -0.2) is 29.0 Å². The van der Waals surface area contributed by atoms with Crippen molar-refractivity contribution in [2.75, 3.05) is 17.3 Å². The van der Waals surface area contributed by atoms with Gasteiger partial charge >= 0.3 is 5.97 Å². The van der Waals surface area contributed by atoms with Crippen molar-refractivity contribution in [2.24, 2.45) is 5.92 Å². The summed E-state index contributed by atoms with van der Waals surface area (Å²) in [4.78, 5) is 22.7. The van der Waals surface area contributed by atoms with Gasteiger partial charge in [-0.25, -0.2) is 0 Å². The first-order chi connectivity index (χ1) is 8.95. The number of hydrogen-bond acceptors (Lipinski definition) is 3. The number of carbonyl (C=O) groups is 2. The van der Waals surface area contributed by atoms with Crippen LogP contribution in [0.4, 0.5) is 5.69 Å². The van der Waals surface area contributed by atoms with Gasteiger partial charge in [0.25, 0.3) is 0 Å². The van der Waals surface area contributed by atoms with Gasteiger partial charge in [-0.2, -0.15) is 11.8 Å². The van der Waals surface area contributed by atoms with Crippen LogP contribution in [-0.2, 0) is 9.59 Å². The maximum Gasteiger partial charge on any atom is 0.310 e. The van der Waals surface area contributed by atoms with Crippen molar-refractivity contribution in [1.29, 1.82) is 0 Å². The zero-order valence-electron chi connectivity index (χ0n) is 11.3. The van der Waals surface area contributed by atoms with Crippen molar-refractivity contribution < 1.29 is 14.7 Å². The van der Waals surface area contributed by atoms with Crippen LogP contribution < -0.4 is 5.32 Å². The number of carbonyl (C=O) groups excluding carboxylic acids is 1. The van der Waals surface area contributed by atoms with Crippen LogP contribution in [0.3, 0.4) is 0 Å². The molecule has 0 fully saturated rings. The largest absolute Gasteiger partial charge is 0.481 e. The van der Waals surface area contributed by atoms with Crippen molar-refractivity contribution in [3.05, 3.63) is 29.8 Å². The molecular weight excluding hydrogens is 262 g/mol. The standard InChI is InChI=1S/C14H19NO3S/c1-9(8-19-3)13(16)15-12-6-4-11(5-7-12)10(2)14(17)18/h4-7,9-10H,8H2,1-3H3,(H,15,16)(H,17,18). The second kappa shape index (κ2) is 7.19. The second-order valence-corrected chi connectivity index (χ2v) is 5.44. The average Bonchev–Trinajstić information content (AvgIpc) is 2.38. The number of amides is 1. The minimum atomic E-state index is -0.856. The summed E-state index contributed by atoms with van der Waals surface area (Å²) in [6, 6.07) is 6.93.